The number of benzene rings is 2. The third-order valence-electron chi connectivity index (χ3n) is 4.51. The van der Waals surface area contributed by atoms with Gasteiger partial charge in [0, 0.05) is 18.1 Å². The maximum atomic E-state index is 10.7. The summed E-state index contributed by atoms with van der Waals surface area (Å²) in [6.07, 6.45) is 1.58. The van der Waals surface area contributed by atoms with Crippen molar-refractivity contribution in [2.24, 2.45) is 0 Å². The molecule has 3 N–H and O–H groups in total. The van der Waals surface area contributed by atoms with Crippen LogP contribution >= 0.6 is 0 Å². The van der Waals surface area contributed by atoms with Crippen molar-refractivity contribution in [1.29, 1.82) is 0 Å². The second kappa shape index (κ2) is 5.61. The minimum absolute atomic E-state index is 0.0326. The van der Waals surface area contributed by atoms with Gasteiger partial charge in [-0.1, -0.05) is 36.4 Å². The standard InChI is InChI=1S/C19H16O6/c20-13-10-16(21)19(12(13)6-3-9-17(22)23)24-14-7-1-4-11-5-2-8-15(25-19)18(11)14/h1-9,13,16,20-21H,10H2,(H,22,23). The molecule has 0 bridgehead atoms. The second-order valence-electron chi connectivity index (χ2n) is 6.07. The van der Waals surface area contributed by atoms with Crippen molar-refractivity contribution < 1.29 is 29.6 Å². The first kappa shape index (κ1) is 15.7. The molecule has 0 saturated heterocycles. The molecule has 128 valence electrons. The van der Waals surface area contributed by atoms with Crippen molar-refractivity contribution >= 4 is 16.7 Å². The Morgan fingerprint density at radius 1 is 1.12 bits per heavy atom. The van der Waals surface area contributed by atoms with E-state index in [0.29, 0.717) is 11.5 Å². The zero-order valence-corrected chi connectivity index (χ0v) is 13.1. The maximum absolute atomic E-state index is 10.7. The van der Waals surface area contributed by atoms with Crippen LogP contribution in [0.3, 0.4) is 0 Å². The summed E-state index contributed by atoms with van der Waals surface area (Å²) >= 11 is 0. The topological polar surface area (TPSA) is 96.2 Å². The smallest absolute Gasteiger partial charge is 0.328 e. The summed E-state index contributed by atoms with van der Waals surface area (Å²) in [4.78, 5) is 10.7. The molecule has 1 saturated carbocycles. The number of carboxylic acids is 1. The predicted octanol–water partition coefficient (Wildman–Crippen LogP) is 2.00. The van der Waals surface area contributed by atoms with Crippen molar-refractivity contribution in [3.05, 3.63) is 60.2 Å². The SMILES string of the molecule is O=C(O)C=CC=C1C(O)CC(O)C12Oc1cccc3cccc(c13)O2. The van der Waals surface area contributed by atoms with E-state index >= 15 is 0 Å². The van der Waals surface area contributed by atoms with Crippen LogP contribution in [-0.2, 0) is 4.79 Å². The molecule has 0 radical (unpaired) electrons. The van der Waals surface area contributed by atoms with Gasteiger partial charge in [-0.3, -0.25) is 0 Å². The number of rotatable bonds is 2. The van der Waals surface area contributed by atoms with Crippen molar-refractivity contribution in [1.82, 2.24) is 0 Å². The molecule has 1 aliphatic carbocycles. The molecule has 2 atom stereocenters. The molecule has 2 aliphatic rings. The number of aliphatic hydroxyl groups excluding tert-OH is 2. The number of aliphatic hydroxyl groups is 2. The Labute approximate surface area is 143 Å². The Morgan fingerprint density at radius 2 is 1.76 bits per heavy atom. The molecule has 1 aliphatic heterocycles. The highest BCUT2D eigenvalue weighted by Gasteiger charge is 2.57. The molecule has 6 nitrogen and oxygen atoms in total. The fourth-order valence-electron chi connectivity index (χ4n) is 3.42. The van der Waals surface area contributed by atoms with E-state index in [0.717, 1.165) is 16.8 Å². The van der Waals surface area contributed by atoms with Crippen LogP contribution < -0.4 is 9.47 Å². The minimum Gasteiger partial charge on any atom is -0.478 e. The average Bonchev–Trinajstić information content (AvgIpc) is 2.78. The van der Waals surface area contributed by atoms with Gasteiger partial charge in [0.05, 0.1) is 11.5 Å². The van der Waals surface area contributed by atoms with E-state index < -0.39 is 24.0 Å². The number of carbonyl (C=O) groups is 1. The largest absolute Gasteiger partial charge is 0.478 e. The first-order valence-corrected chi connectivity index (χ1v) is 7.89. The fourth-order valence-corrected chi connectivity index (χ4v) is 3.42. The summed E-state index contributed by atoms with van der Waals surface area (Å²) < 4.78 is 12.0. The van der Waals surface area contributed by atoms with Gasteiger partial charge in [0.25, 0.3) is 0 Å². The molecular formula is C19H16O6. The lowest BCUT2D eigenvalue weighted by Crippen LogP contribution is -2.52. The van der Waals surface area contributed by atoms with E-state index in [9.17, 15) is 15.0 Å². The Balaban J connectivity index is 1.84. The third-order valence-corrected chi connectivity index (χ3v) is 4.51. The lowest BCUT2D eigenvalue weighted by atomic mass is 10.0. The second-order valence-corrected chi connectivity index (χ2v) is 6.07. The van der Waals surface area contributed by atoms with E-state index in [4.69, 9.17) is 14.6 Å². The van der Waals surface area contributed by atoms with Gasteiger partial charge in [-0.25, -0.2) is 4.79 Å². The zero-order chi connectivity index (χ0) is 17.6. The molecule has 2 aromatic carbocycles. The van der Waals surface area contributed by atoms with Gasteiger partial charge in [-0.15, -0.1) is 0 Å². The maximum Gasteiger partial charge on any atom is 0.328 e. The van der Waals surface area contributed by atoms with Gasteiger partial charge in [0.15, 0.2) is 0 Å². The van der Waals surface area contributed by atoms with Crippen LogP contribution in [0.25, 0.3) is 10.8 Å². The highest BCUT2D eigenvalue weighted by molar-refractivity contribution is 5.94. The monoisotopic (exact) mass is 340 g/mol. The lowest BCUT2D eigenvalue weighted by molar-refractivity contribution is -0.147. The average molecular weight is 340 g/mol. The van der Waals surface area contributed by atoms with Gasteiger partial charge in [0.2, 0.25) is 0 Å². The van der Waals surface area contributed by atoms with Gasteiger partial charge >= 0.3 is 11.8 Å². The summed E-state index contributed by atoms with van der Waals surface area (Å²) in [5.41, 5.74) is 0.281. The Bertz CT molecular complexity index is 873. The number of ether oxygens (including phenoxy) is 2. The summed E-state index contributed by atoms with van der Waals surface area (Å²) in [5.74, 6) is -1.61. The number of aliphatic carboxylic acids is 1. The number of hydrogen-bond donors (Lipinski definition) is 3. The molecular weight excluding hydrogens is 324 g/mol. The van der Waals surface area contributed by atoms with Crippen molar-refractivity contribution in [2.45, 2.75) is 24.4 Å². The normalized spacial score (nSPS) is 25.4. The molecule has 2 unspecified atom stereocenters. The summed E-state index contributed by atoms with van der Waals surface area (Å²) in [7, 11) is 0. The van der Waals surface area contributed by atoms with Crippen LogP contribution in [0.4, 0.5) is 0 Å². The fraction of sp³-hybridized carbons (Fsp3) is 0.211. The molecule has 1 heterocycles. The summed E-state index contributed by atoms with van der Waals surface area (Å²) in [5, 5.41) is 31.3. The van der Waals surface area contributed by atoms with Crippen LogP contribution in [0.2, 0.25) is 0 Å². The molecule has 0 amide bonds. The Hall–Kier alpha value is -2.83. The number of hydrogen-bond acceptors (Lipinski definition) is 5. The van der Waals surface area contributed by atoms with Crippen LogP contribution in [0, 0.1) is 0 Å². The molecule has 1 fully saturated rings. The van der Waals surface area contributed by atoms with E-state index in [2.05, 4.69) is 0 Å². The van der Waals surface area contributed by atoms with Gasteiger partial charge in [0.1, 0.15) is 17.6 Å². The number of carboxylic acid groups (broad SMARTS) is 1. The molecule has 0 aromatic heterocycles. The minimum atomic E-state index is -1.58. The van der Waals surface area contributed by atoms with Crippen molar-refractivity contribution in [3.63, 3.8) is 0 Å². The highest BCUT2D eigenvalue weighted by atomic mass is 16.7. The van der Waals surface area contributed by atoms with E-state index in [1.54, 1.807) is 12.1 Å². The zero-order valence-electron chi connectivity index (χ0n) is 13.1. The number of allylic oxidation sites excluding steroid dienone is 2. The van der Waals surface area contributed by atoms with Crippen LogP contribution in [0.15, 0.2) is 60.2 Å². The first-order chi connectivity index (χ1) is 12.0. The van der Waals surface area contributed by atoms with Crippen LogP contribution in [0.1, 0.15) is 6.42 Å². The van der Waals surface area contributed by atoms with Crippen LogP contribution in [-0.4, -0.2) is 39.3 Å². The van der Waals surface area contributed by atoms with Crippen molar-refractivity contribution in [2.75, 3.05) is 0 Å². The quantitative estimate of drug-likeness (QED) is 0.724. The molecule has 25 heavy (non-hydrogen) atoms. The predicted molar refractivity (Wildman–Crippen MR) is 89.4 cm³/mol. The highest BCUT2D eigenvalue weighted by Crippen LogP contribution is 2.48. The lowest BCUT2D eigenvalue weighted by Gasteiger charge is -2.38. The Morgan fingerprint density at radius 3 is 2.36 bits per heavy atom. The van der Waals surface area contributed by atoms with E-state index in [1.807, 2.05) is 24.3 Å². The molecule has 4 rings (SSSR count). The summed E-state index contributed by atoms with van der Waals surface area (Å²) in [6.45, 7) is 0. The molecule has 2 aromatic rings. The third kappa shape index (κ3) is 2.38. The van der Waals surface area contributed by atoms with Crippen LogP contribution in [0.5, 0.6) is 11.5 Å². The Kier molecular flexibility index (Phi) is 3.52. The van der Waals surface area contributed by atoms with E-state index in [-0.39, 0.29) is 12.0 Å². The first-order valence-electron chi connectivity index (χ1n) is 7.89. The summed E-state index contributed by atoms with van der Waals surface area (Å²) in [6, 6.07) is 11.1. The van der Waals surface area contributed by atoms with Crippen molar-refractivity contribution in [3.8, 4) is 11.5 Å². The van der Waals surface area contributed by atoms with Gasteiger partial charge in [-0.05, 0) is 17.5 Å². The molecule has 1 spiro atoms. The van der Waals surface area contributed by atoms with Gasteiger partial charge < -0.3 is 24.8 Å². The van der Waals surface area contributed by atoms with E-state index in [1.165, 1.54) is 12.2 Å². The van der Waals surface area contributed by atoms with Gasteiger partial charge in [-0.2, -0.15) is 0 Å². The molecule has 6 heteroatoms.